The lowest BCUT2D eigenvalue weighted by molar-refractivity contribution is 0.306. The van der Waals surface area contributed by atoms with E-state index in [0.717, 1.165) is 5.01 Å². The molecule has 244 valence electrons. The molecule has 0 saturated carbocycles. The Kier molecular flexibility index (Phi) is 10.6. The quantitative estimate of drug-likeness (QED) is 0.0743. The highest BCUT2D eigenvalue weighted by atomic mass is 35.5. The fraction of sp³-hybridized carbons (Fsp3) is 0.147. The monoisotopic (exact) mass is 704 g/mol. The smallest absolute Gasteiger partial charge is 0.220 e. The highest BCUT2D eigenvalue weighted by Gasteiger charge is 2.15. The molecule has 0 saturated heterocycles. The van der Waals surface area contributed by atoms with E-state index in [1.807, 2.05) is 0 Å². The van der Waals surface area contributed by atoms with Crippen molar-refractivity contribution in [3.63, 3.8) is 0 Å². The fourth-order valence-corrected chi connectivity index (χ4v) is 6.46. The van der Waals surface area contributed by atoms with Gasteiger partial charge in [-0.2, -0.15) is 8.42 Å². The number of hydrogen-bond acceptors (Lipinski definition) is 10. The predicted octanol–water partition coefficient (Wildman–Crippen LogP) is 7.02. The minimum Gasteiger partial charge on any atom is -0.487 e. The molecule has 6 aromatic rings. The highest BCUT2D eigenvalue weighted by Crippen LogP contribution is 2.34. The first kappa shape index (κ1) is 33.1. The molecule has 0 amide bonds. The van der Waals surface area contributed by atoms with Crippen molar-refractivity contribution >= 4 is 60.5 Å². The largest absolute Gasteiger partial charge is 0.487 e. The topological polar surface area (TPSA) is 119 Å². The number of nitrogens with one attached hydrogen (secondary N) is 2. The Hall–Kier alpha value is -4.82. The minimum atomic E-state index is -2.39. The van der Waals surface area contributed by atoms with Gasteiger partial charge in [0, 0.05) is 47.2 Å². The molecule has 0 unspecified atom stereocenters. The van der Waals surface area contributed by atoms with Crippen LogP contribution in [-0.4, -0.2) is 46.3 Å². The van der Waals surface area contributed by atoms with Crippen LogP contribution < -0.4 is 15.4 Å². The van der Waals surface area contributed by atoms with Crippen molar-refractivity contribution in [1.29, 1.82) is 0 Å². The average molecular weight is 705 g/mol. The normalized spacial score (nSPS) is 11.1. The number of rotatable bonds is 13. The number of aromatic nitrogens is 4. The molecule has 0 spiro atoms. The maximum absolute atomic E-state index is 15.3. The lowest BCUT2D eigenvalue weighted by Gasteiger charge is -2.12. The van der Waals surface area contributed by atoms with Gasteiger partial charge in [0.2, 0.25) is 10.3 Å². The molecule has 3 aromatic carbocycles. The van der Waals surface area contributed by atoms with Gasteiger partial charge >= 0.3 is 0 Å². The minimum absolute atomic E-state index is 0.155. The van der Waals surface area contributed by atoms with Crippen molar-refractivity contribution in [2.24, 2.45) is 0 Å². The lowest BCUT2D eigenvalue weighted by atomic mass is 10.1. The van der Waals surface area contributed by atoms with Gasteiger partial charge in [0.05, 0.1) is 26.9 Å². The molecule has 48 heavy (non-hydrogen) atoms. The summed E-state index contributed by atoms with van der Waals surface area (Å²) < 4.78 is 57.9. The van der Waals surface area contributed by atoms with Gasteiger partial charge in [-0.05, 0) is 67.1 Å². The zero-order valence-electron chi connectivity index (χ0n) is 25.2. The Morgan fingerprint density at radius 2 is 1.88 bits per heavy atom. The van der Waals surface area contributed by atoms with Gasteiger partial charge in [0.15, 0.2) is 0 Å². The third-order valence-electron chi connectivity index (χ3n) is 7.21. The second-order valence-electron chi connectivity index (χ2n) is 10.5. The predicted molar refractivity (Wildman–Crippen MR) is 185 cm³/mol. The number of anilines is 2. The molecule has 6 rings (SSSR count). The fourth-order valence-electron chi connectivity index (χ4n) is 4.87. The van der Waals surface area contributed by atoms with E-state index in [4.69, 9.17) is 16.3 Å². The Balaban J connectivity index is 1.11. The maximum atomic E-state index is 15.3. The van der Waals surface area contributed by atoms with Crippen molar-refractivity contribution in [1.82, 2.24) is 25.3 Å². The van der Waals surface area contributed by atoms with Crippen LogP contribution in [-0.2, 0) is 23.3 Å². The summed E-state index contributed by atoms with van der Waals surface area (Å²) in [5, 5.41) is 9.95. The van der Waals surface area contributed by atoms with Crippen LogP contribution in [0.3, 0.4) is 0 Å². The summed E-state index contributed by atoms with van der Waals surface area (Å²) in [5.74, 6) is 0.0838. The first-order valence-electron chi connectivity index (χ1n) is 14.7. The SMILES string of the molecule is O=S(=O)=C(CNCCCc1nc(-c2cc3c(Nc4ccc(OCc5cccc(F)c5)c(Cl)c4)ncnc3cc2F)cs1)c1ccccn1. The first-order chi connectivity index (χ1) is 23.3. The van der Waals surface area contributed by atoms with Crippen molar-refractivity contribution < 1.29 is 21.9 Å². The number of hydrogen-bond donors (Lipinski definition) is 2. The molecule has 14 heteroatoms. The van der Waals surface area contributed by atoms with Crippen LogP contribution in [0.15, 0.2) is 90.7 Å². The maximum Gasteiger partial charge on any atom is 0.220 e. The Morgan fingerprint density at radius 3 is 2.67 bits per heavy atom. The highest BCUT2D eigenvalue weighted by molar-refractivity contribution is 7.73. The van der Waals surface area contributed by atoms with Crippen molar-refractivity contribution in [2.75, 3.05) is 18.4 Å². The van der Waals surface area contributed by atoms with E-state index >= 15 is 4.39 Å². The summed E-state index contributed by atoms with van der Waals surface area (Å²) in [6.07, 6.45) is 4.23. The number of pyridine rings is 1. The van der Waals surface area contributed by atoms with Crippen LogP contribution >= 0.6 is 22.9 Å². The summed E-state index contributed by atoms with van der Waals surface area (Å²) in [4.78, 5) is 17.6. The van der Waals surface area contributed by atoms with Crippen LogP contribution in [0.25, 0.3) is 22.2 Å². The molecule has 3 aromatic heterocycles. The molecule has 9 nitrogen and oxygen atoms in total. The van der Waals surface area contributed by atoms with Crippen molar-refractivity contribution in [2.45, 2.75) is 19.4 Å². The zero-order chi connectivity index (χ0) is 33.5. The van der Waals surface area contributed by atoms with Crippen LogP contribution in [0, 0.1) is 11.6 Å². The van der Waals surface area contributed by atoms with Crippen LogP contribution in [0.4, 0.5) is 20.3 Å². The third-order valence-corrected chi connectivity index (χ3v) is 9.17. The average Bonchev–Trinajstić information content (AvgIpc) is 3.55. The molecule has 0 bridgehead atoms. The number of benzene rings is 3. The van der Waals surface area contributed by atoms with E-state index in [0.29, 0.717) is 75.1 Å². The molecular formula is C34H27ClF2N6O3S2. The summed E-state index contributed by atoms with van der Waals surface area (Å²) in [5.41, 5.74) is 2.93. The van der Waals surface area contributed by atoms with E-state index in [1.165, 1.54) is 35.9 Å². The van der Waals surface area contributed by atoms with E-state index in [-0.39, 0.29) is 23.8 Å². The lowest BCUT2D eigenvalue weighted by Crippen LogP contribution is -2.26. The number of thiazole rings is 1. The first-order valence-corrected chi connectivity index (χ1v) is 17.1. The van der Waals surface area contributed by atoms with Gasteiger partial charge in [0.25, 0.3) is 0 Å². The summed E-state index contributed by atoms with van der Waals surface area (Å²) in [6.45, 7) is 0.878. The van der Waals surface area contributed by atoms with E-state index in [2.05, 4.69) is 30.6 Å². The van der Waals surface area contributed by atoms with Gasteiger partial charge in [0.1, 0.15) is 41.0 Å². The molecular weight excluding hydrogens is 678 g/mol. The standard InChI is InChI=1S/C34H27ClF2N6O3S2/c35-26-14-23(9-10-31(26)46-18-21-5-3-6-22(36)13-21)42-34-25-15-24(27(37)16-29(25)40-20-41-34)30-19-47-33(43-30)8-4-11-38-17-32(48(44)45)28-7-1-2-12-39-28/h1-3,5-7,9-10,12-16,19-20,38H,4,8,11,17-18H2,(H,40,41,42). The molecule has 0 aliphatic carbocycles. The molecule has 0 radical (unpaired) electrons. The number of fused-ring (bicyclic) bond motifs is 1. The molecule has 2 N–H and O–H groups in total. The zero-order valence-corrected chi connectivity index (χ0v) is 27.5. The number of aryl methyl sites for hydroxylation is 1. The van der Waals surface area contributed by atoms with Gasteiger partial charge in [-0.15, -0.1) is 11.3 Å². The van der Waals surface area contributed by atoms with Crippen molar-refractivity contribution in [3.05, 3.63) is 124 Å². The Labute approximate surface area is 285 Å². The van der Waals surface area contributed by atoms with Gasteiger partial charge in [-0.3, -0.25) is 4.98 Å². The van der Waals surface area contributed by atoms with Crippen molar-refractivity contribution in [3.8, 4) is 17.0 Å². The number of ether oxygens (including phenoxy) is 1. The summed E-state index contributed by atoms with van der Waals surface area (Å²) >= 11 is 7.91. The van der Waals surface area contributed by atoms with Crippen LogP contribution in [0.5, 0.6) is 5.75 Å². The summed E-state index contributed by atoms with van der Waals surface area (Å²) in [6, 6.07) is 19.4. The second kappa shape index (κ2) is 15.4. The van der Waals surface area contributed by atoms with Gasteiger partial charge < -0.3 is 15.4 Å². The molecule has 3 heterocycles. The molecule has 0 aliphatic rings. The van der Waals surface area contributed by atoms with Gasteiger partial charge in [-0.1, -0.05) is 29.8 Å². The van der Waals surface area contributed by atoms with Gasteiger partial charge in [-0.25, -0.2) is 23.7 Å². The number of halogens is 3. The molecule has 0 aliphatic heterocycles. The molecule has 0 fully saturated rings. The Bertz CT molecular complexity index is 2210. The second-order valence-corrected chi connectivity index (χ2v) is 12.9. The third kappa shape index (κ3) is 8.17. The van der Waals surface area contributed by atoms with E-state index in [9.17, 15) is 12.8 Å². The molecule has 0 atom stereocenters. The van der Waals surface area contributed by atoms with Crippen LogP contribution in [0.1, 0.15) is 22.7 Å². The Morgan fingerprint density at radius 1 is 0.979 bits per heavy atom. The summed E-state index contributed by atoms with van der Waals surface area (Å²) in [7, 11) is -2.39. The van der Waals surface area contributed by atoms with E-state index in [1.54, 1.807) is 66.2 Å². The van der Waals surface area contributed by atoms with Crippen LogP contribution in [0.2, 0.25) is 5.02 Å². The van der Waals surface area contributed by atoms with E-state index < -0.39 is 16.1 Å². The number of nitrogens with zero attached hydrogens (tertiary/aromatic N) is 4.